The lowest BCUT2D eigenvalue weighted by Gasteiger charge is -2.34. The van der Waals surface area contributed by atoms with Crippen molar-refractivity contribution in [1.82, 2.24) is 9.97 Å². The molecule has 3 rings (SSSR count). The number of aromatic nitrogens is 2. The summed E-state index contributed by atoms with van der Waals surface area (Å²) in [5.41, 5.74) is 0.815. The van der Waals surface area contributed by atoms with E-state index in [0.29, 0.717) is 11.8 Å². The van der Waals surface area contributed by atoms with Crippen LogP contribution in [0.1, 0.15) is 19.3 Å². The van der Waals surface area contributed by atoms with Gasteiger partial charge < -0.3 is 15.1 Å². The number of halogens is 1. The van der Waals surface area contributed by atoms with E-state index in [1.807, 2.05) is 0 Å². The maximum atomic E-state index is 9.41. The van der Waals surface area contributed by atoms with Gasteiger partial charge in [-0.25, -0.2) is 9.97 Å². The van der Waals surface area contributed by atoms with E-state index in [-0.39, 0.29) is 23.9 Å². The maximum absolute atomic E-state index is 9.41. The van der Waals surface area contributed by atoms with E-state index >= 15 is 0 Å². The molecule has 2 aliphatic rings. The topological polar surface area (TPSA) is 69.5 Å². The Kier molecular flexibility index (Phi) is 3.84. The minimum atomic E-state index is -0.198. The van der Waals surface area contributed by atoms with E-state index < -0.39 is 0 Å². The minimum absolute atomic E-state index is 0.111. The molecule has 1 atom stereocenters. The molecule has 1 saturated heterocycles. The van der Waals surface area contributed by atoms with Gasteiger partial charge >= 0.3 is 0 Å². The van der Waals surface area contributed by atoms with Gasteiger partial charge in [0.2, 0.25) is 5.28 Å². The molecule has 0 aromatic carbocycles. The molecule has 1 aromatic rings. The Labute approximate surface area is 123 Å². The number of nitrogens with zero attached hydrogens (tertiary/aromatic N) is 3. The van der Waals surface area contributed by atoms with Crippen LogP contribution in [0.5, 0.6) is 0 Å². The predicted molar refractivity (Wildman–Crippen MR) is 76.7 cm³/mol. The van der Waals surface area contributed by atoms with Gasteiger partial charge in [0.15, 0.2) is 0 Å². The molecule has 0 radical (unpaired) electrons. The molecule has 20 heavy (non-hydrogen) atoms. The van der Waals surface area contributed by atoms with Crippen LogP contribution in [0.3, 0.4) is 0 Å². The van der Waals surface area contributed by atoms with Crippen molar-refractivity contribution in [3.05, 3.63) is 17.7 Å². The monoisotopic (exact) mass is 297 g/mol. The van der Waals surface area contributed by atoms with Gasteiger partial charge in [-0.3, -0.25) is 0 Å². The van der Waals surface area contributed by atoms with Crippen molar-refractivity contribution in [3.8, 4) is 0 Å². The average Bonchev–Trinajstić information content (AvgIpc) is 3.24. The van der Waals surface area contributed by atoms with Crippen molar-refractivity contribution >= 4 is 17.3 Å². The van der Waals surface area contributed by atoms with Crippen molar-refractivity contribution in [1.29, 1.82) is 0 Å². The molecule has 1 unspecified atom stereocenters. The van der Waals surface area contributed by atoms with Gasteiger partial charge in [-0.15, -0.1) is 0 Å². The van der Waals surface area contributed by atoms with E-state index in [1.165, 1.54) is 0 Å². The SMILES string of the molecule is OCC1(CO)CC1C1CCN(c2cnc(Cl)nc2)CC1. The number of piperidine rings is 1. The van der Waals surface area contributed by atoms with E-state index in [2.05, 4.69) is 14.9 Å². The molecule has 1 aromatic heterocycles. The van der Waals surface area contributed by atoms with Crippen molar-refractivity contribution < 1.29 is 10.2 Å². The summed E-state index contributed by atoms with van der Waals surface area (Å²) >= 11 is 5.70. The molecule has 0 spiro atoms. The highest BCUT2D eigenvalue weighted by Gasteiger charge is 2.56. The molecule has 5 nitrogen and oxygen atoms in total. The standard InChI is InChI=1S/C14H20ClN3O2/c15-13-16-6-11(7-17-13)18-3-1-10(2-4-18)12-5-14(12,8-19)9-20/h6-7,10,12,19-20H,1-5,8-9H2. The Morgan fingerprint density at radius 1 is 1.20 bits per heavy atom. The first-order valence-corrected chi connectivity index (χ1v) is 7.50. The van der Waals surface area contributed by atoms with Crippen LogP contribution in [0.2, 0.25) is 5.28 Å². The van der Waals surface area contributed by atoms with Gasteiger partial charge in [0.05, 0.1) is 31.3 Å². The second kappa shape index (κ2) is 5.47. The van der Waals surface area contributed by atoms with Gasteiger partial charge in [-0.1, -0.05) is 0 Å². The number of hydrogen-bond donors (Lipinski definition) is 2. The number of aliphatic hydroxyl groups is 2. The average molecular weight is 298 g/mol. The summed E-state index contributed by atoms with van der Waals surface area (Å²) in [6.45, 7) is 2.16. The summed E-state index contributed by atoms with van der Waals surface area (Å²) in [7, 11) is 0. The Bertz CT molecular complexity index is 456. The summed E-state index contributed by atoms with van der Waals surface area (Å²) in [6, 6.07) is 0. The quantitative estimate of drug-likeness (QED) is 0.821. The van der Waals surface area contributed by atoms with E-state index in [4.69, 9.17) is 11.6 Å². The number of aliphatic hydroxyl groups excluding tert-OH is 2. The molecular formula is C14H20ClN3O2. The Hall–Kier alpha value is -0.910. The first kappa shape index (κ1) is 14.0. The van der Waals surface area contributed by atoms with Gasteiger partial charge in [0, 0.05) is 18.5 Å². The third-order valence-corrected chi connectivity index (χ3v) is 5.16. The Morgan fingerprint density at radius 2 is 1.80 bits per heavy atom. The fraction of sp³-hybridized carbons (Fsp3) is 0.714. The van der Waals surface area contributed by atoms with E-state index in [1.54, 1.807) is 12.4 Å². The van der Waals surface area contributed by atoms with Crippen LogP contribution < -0.4 is 4.90 Å². The highest BCUT2D eigenvalue weighted by atomic mass is 35.5. The molecule has 2 fully saturated rings. The maximum Gasteiger partial charge on any atom is 0.222 e. The summed E-state index contributed by atoms with van der Waals surface area (Å²) in [6.07, 6.45) is 6.68. The molecule has 110 valence electrons. The zero-order chi connectivity index (χ0) is 14.2. The molecule has 0 amide bonds. The molecular weight excluding hydrogens is 278 g/mol. The lowest BCUT2D eigenvalue weighted by molar-refractivity contribution is 0.108. The van der Waals surface area contributed by atoms with Crippen LogP contribution in [0.25, 0.3) is 0 Å². The van der Waals surface area contributed by atoms with E-state index in [0.717, 1.165) is 38.0 Å². The summed E-state index contributed by atoms with van der Waals surface area (Å²) < 4.78 is 0. The first-order chi connectivity index (χ1) is 9.68. The van der Waals surface area contributed by atoms with Gasteiger partial charge in [0.1, 0.15) is 0 Å². The normalized spacial score (nSPS) is 25.8. The van der Waals surface area contributed by atoms with Crippen LogP contribution in [0.4, 0.5) is 5.69 Å². The number of rotatable bonds is 4. The van der Waals surface area contributed by atoms with Gasteiger partial charge in [-0.05, 0) is 42.7 Å². The molecule has 6 heteroatoms. The van der Waals surface area contributed by atoms with Crippen molar-refractivity contribution in [3.63, 3.8) is 0 Å². The number of hydrogen-bond acceptors (Lipinski definition) is 5. The fourth-order valence-corrected chi connectivity index (χ4v) is 3.59. The smallest absolute Gasteiger partial charge is 0.222 e. The van der Waals surface area contributed by atoms with Crippen molar-refractivity contribution in [2.75, 3.05) is 31.2 Å². The zero-order valence-electron chi connectivity index (χ0n) is 11.4. The third kappa shape index (κ3) is 2.50. The Morgan fingerprint density at radius 3 is 2.30 bits per heavy atom. The highest BCUT2D eigenvalue weighted by Crippen LogP contribution is 2.58. The predicted octanol–water partition coefficient (Wildman–Crippen LogP) is 1.34. The summed E-state index contributed by atoms with van der Waals surface area (Å²) in [4.78, 5) is 10.3. The van der Waals surface area contributed by atoms with Gasteiger partial charge in [-0.2, -0.15) is 0 Å². The number of anilines is 1. The molecule has 2 N–H and O–H groups in total. The van der Waals surface area contributed by atoms with Crippen LogP contribution >= 0.6 is 11.6 Å². The van der Waals surface area contributed by atoms with Crippen LogP contribution in [-0.4, -0.2) is 46.5 Å². The van der Waals surface area contributed by atoms with Crippen LogP contribution in [0.15, 0.2) is 12.4 Å². The third-order valence-electron chi connectivity index (χ3n) is 4.96. The van der Waals surface area contributed by atoms with Crippen molar-refractivity contribution in [2.45, 2.75) is 19.3 Å². The lowest BCUT2D eigenvalue weighted by atomic mass is 9.87. The summed E-state index contributed by atoms with van der Waals surface area (Å²) in [5, 5.41) is 19.1. The van der Waals surface area contributed by atoms with Crippen LogP contribution in [0, 0.1) is 17.3 Å². The largest absolute Gasteiger partial charge is 0.396 e. The summed E-state index contributed by atoms with van der Waals surface area (Å²) in [5.74, 6) is 1.10. The van der Waals surface area contributed by atoms with Crippen LogP contribution in [-0.2, 0) is 0 Å². The second-order valence-corrected chi connectivity index (χ2v) is 6.36. The molecule has 1 saturated carbocycles. The second-order valence-electron chi connectivity index (χ2n) is 6.02. The van der Waals surface area contributed by atoms with E-state index in [9.17, 15) is 10.2 Å². The molecule has 1 aliphatic heterocycles. The minimum Gasteiger partial charge on any atom is -0.396 e. The first-order valence-electron chi connectivity index (χ1n) is 7.13. The zero-order valence-corrected chi connectivity index (χ0v) is 12.1. The lowest BCUT2D eigenvalue weighted by Crippen LogP contribution is -2.35. The highest BCUT2D eigenvalue weighted by molar-refractivity contribution is 6.28. The van der Waals surface area contributed by atoms with Gasteiger partial charge in [0.25, 0.3) is 0 Å². The molecule has 0 bridgehead atoms. The fourth-order valence-electron chi connectivity index (χ4n) is 3.49. The molecule has 2 heterocycles. The van der Waals surface area contributed by atoms with Crippen molar-refractivity contribution in [2.24, 2.45) is 17.3 Å². The molecule has 1 aliphatic carbocycles. The Balaban J connectivity index is 1.57.